The molecule has 19 heavy (non-hydrogen) atoms. The Balaban J connectivity index is 2.85. The van der Waals surface area contributed by atoms with Crippen molar-refractivity contribution in [2.24, 2.45) is 0 Å². The number of para-hydroxylation sites is 1. The lowest BCUT2D eigenvalue weighted by molar-refractivity contribution is 0.0951. The standard InChI is InChI=1S/C14H21FN2OS/c1-5-16-12-10(7-6-8-11(12)15)13(18)17-9-14(2,3)19-4/h6-8,16H,5,9H2,1-4H3,(H,17,18). The first kappa shape index (κ1) is 15.8. The Bertz CT molecular complexity index is 449. The Morgan fingerprint density at radius 3 is 2.68 bits per heavy atom. The van der Waals surface area contributed by atoms with E-state index in [1.54, 1.807) is 23.9 Å². The van der Waals surface area contributed by atoms with Gasteiger partial charge in [-0.1, -0.05) is 6.07 Å². The molecule has 2 N–H and O–H groups in total. The van der Waals surface area contributed by atoms with Crippen LogP contribution in [0.3, 0.4) is 0 Å². The van der Waals surface area contributed by atoms with Crippen LogP contribution in [0.1, 0.15) is 31.1 Å². The van der Waals surface area contributed by atoms with Crippen molar-refractivity contribution in [2.45, 2.75) is 25.5 Å². The third kappa shape index (κ3) is 4.42. The zero-order valence-corrected chi connectivity index (χ0v) is 12.7. The number of nitrogens with one attached hydrogen (secondary N) is 2. The molecule has 1 aromatic rings. The summed E-state index contributed by atoms with van der Waals surface area (Å²) < 4.78 is 13.7. The molecule has 0 aromatic heterocycles. The van der Waals surface area contributed by atoms with Gasteiger partial charge in [0.05, 0.1) is 11.3 Å². The average Bonchev–Trinajstić information content (AvgIpc) is 2.38. The van der Waals surface area contributed by atoms with E-state index >= 15 is 0 Å². The molecule has 5 heteroatoms. The molecule has 0 spiro atoms. The smallest absolute Gasteiger partial charge is 0.253 e. The summed E-state index contributed by atoms with van der Waals surface area (Å²) in [6.07, 6.45) is 2.00. The van der Waals surface area contributed by atoms with E-state index in [0.717, 1.165) is 0 Å². The van der Waals surface area contributed by atoms with Crippen LogP contribution in [-0.4, -0.2) is 30.0 Å². The molecule has 0 atom stereocenters. The van der Waals surface area contributed by atoms with Gasteiger partial charge < -0.3 is 10.6 Å². The molecule has 0 unspecified atom stereocenters. The van der Waals surface area contributed by atoms with E-state index in [0.29, 0.717) is 18.7 Å². The largest absolute Gasteiger partial charge is 0.382 e. The van der Waals surface area contributed by atoms with Crippen molar-refractivity contribution < 1.29 is 9.18 Å². The van der Waals surface area contributed by atoms with E-state index in [4.69, 9.17) is 0 Å². The molecule has 0 saturated carbocycles. The lowest BCUT2D eigenvalue weighted by atomic mass is 10.1. The maximum absolute atomic E-state index is 13.7. The molecule has 106 valence electrons. The Kier molecular flexibility index (Phi) is 5.66. The molecule has 0 bridgehead atoms. The fourth-order valence-corrected chi connectivity index (χ4v) is 1.75. The third-order valence-electron chi connectivity index (χ3n) is 2.84. The molecule has 0 aliphatic carbocycles. The summed E-state index contributed by atoms with van der Waals surface area (Å²) in [5.41, 5.74) is 0.614. The number of carbonyl (C=O) groups excluding carboxylic acids is 1. The molecule has 1 rings (SSSR count). The van der Waals surface area contributed by atoms with Crippen molar-refractivity contribution in [3.05, 3.63) is 29.6 Å². The van der Waals surface area contributed by atoms with Gasteiger partial charge in [-0.15, -0.1) is 0 Å². The molecule has 1 amide bonds. The Hall–Kier alpha value is -1.23. The van der Waals surface area contributed by atoms with Gasteiger partial charge in [0.1, 0.15) is 5.82 Å². The van der Waals surface area contributed by atoms with Crippen LogP contribution in [0.2, 0.25) is 0 Å². The van der Waals surface area contributed by atoms with E-state index < -0.39 is 5.82 Å². The summed E-state index contributed by atoms with van der Waals surface area (Å²) in [6.45, 7) is 7.07. The lowest BCUT2D eigenvalue weighted by Crippen LogP contribution is -2.36. The lowest BCUT2D eigenvalue weighted by Gasteiger charge is -2.22. The summed E-state index contributed by atoms with van der Waals surface area (Å²) >= 11 is 1.68. The van der Waals surface area contributed by atoms with Crippen molar-refractivity contribution >= 4 is 23.4 Å². The number of hydrogen-bond acceptors (Lipinski definition) is 3. The number of rotatable bonds is 6. The van der Waals surface area contributed by atoms with Gasteiger partial charge in [0.25, 0.3) is 5.91 Å². The Morgan fingerprint density at radius 2 is 2.11 bits per heavy atom. The molecular formula is C14H21FN2OS. The highest BCUT2D eigenvalue weighted by molar-refractivity contribution is 7.99. The highest BCUT2D eigenvalue weighted by Crippen LogP contribution is 2.22. The van der Waals surface area contributed by atoms with Gasteiger partial charge in [-0.2, -0.15) is 11.8 Å². The molecule has 3 nitrogen and oxygen atoms in total. The topological polar surface area (TPSA) is 41.1 Å². The normalized spacial score (nSPS) is 11.2. The van der Waals surface area contributed by atoms with Crippen LogP contribution < -0.4 is 10.6 Å². The van der Waals surface area contributed by atoms with Gasteiger partial charge in [-0.05, 0) is 39.2 Å². The minimum atomic E-state index is -0.404. The fraction of sp³-hybridized carbons (Fsp3) is 0.500. The molecule has 0 fully saturated rings. The highest BCUT2D eigenvalue weighted by Gasteiger charge is 2.19. The van der Waals surface area contributed by atoms with Crippen molar-refractivity contribution in [3.8, 4) is 0 Å². The number of carbonyl (C=O) groups is 1. The summed E-state index contributed by atoms with van der Waals surface area (Å²) in [5, 5.41) is 5.75. The fourth-order valence-electron chi connectivity index (χ4n) is 1.53. The molecule has 0 radical (unpaired) electrons. The molecule has 0 aliphatic heterocycles. The minimum absolute atomic E-state index is 0.0403. The van der Waals surface area contributed by atoms with E-state index in [1.165, 1.54) is 6.07 Å². The molecule has 0 aliphatic rings. The van der Waals surface area contributed by atoms with Crippen molar-refractivity contribution in [1.82, 2.24) is 5.32 Å². The predicted molar refractivity (Wildman–Crippen MR) is 80.5 cm³/mol. The van der Waals surface area contributed by atoms with Crippen LogP contribution >= 0.6 is 11.8 Å². The van der Waals surface area contributed by atoms with Crippen LogP contribution in [0.5, 0.6) is 0 Å². The Morgan fingerprint density at radius 1 is 1.42 bits per heavy atom. The zero-order chi connectivity index (χ0) is 14.5. The summed E-state index contributed by atoms with van der Waals surface area (Å²) in [6, 6.07) is 4.52. The van der Waals surface area contributed by atoms with Crippen LogP contribution in [0, 0.1) is 5.82 Å². The van der Waals surface area contributed by atoms with Crippen LogP contribution in [0.25, 0.3) is 0 Å². The van der Waals surface area contributed by atoms with Crippen molar-refractivity contribution in [3.63, 3.8) is 0 Å². The van der Waals surface area contributed by atoms with E-state index in [9.17, 15) is 9.18 Å². The molecule has 0 heterocycles. The van der Waals surface area contributed by atoms with Gasteiger partial charge in [-0.3, -0.25) is 4.79 Å². The van der Waals surface area contributed by atoms with Gasteiger partial charge in [0, 0.05) is 17.8 Å². The molecule has 1 aromatic carbocycles. The van der Waals surface area contributed by atoms with Crippen molar-refractivity contribution in [1.29, 1.82) is 0 Å². The number of anilines is 1. The second-order valence-electron chi connectivity index (χ2n) is 4.84. The number of hydrogen-bond donors (Lipinski definition) is 2. The molecule has 0 saturated heterocycles. The number of thioether (sulfide) groups is 1. The third-order valence-corrected chi connectivity index (χ3v) is 4.09. The SMILES string of the molecule is CCNc1c(F)cccc1C(=O)NCC(C)(C)SC. The molecular weight excluding hydrogens is 263 g/mol. The number of halogens is 1. The second kappa shape index (κ2) is 6.80. The van der Waals surface area contributed by atoms with E-state index in [-0.39, 0.29) is 16.3 Å². The average molecular weight is 284 g/mol. The number of amides is 1. The first-order valence-corrected chi connectivity index (χ1v) is 7.49. The maximum atomic E-state index is 13.7. The summed E-state index contributed by atoms with van der Waals surface area (Å²) in [5.74, 6) is -0.656. The van der Waals surface area contributed by atoms with Gasteiger partial charge in [-0.25, -0.2) is 4.39 Å². The monoisotopic (exact) mass is 284 g/mol. The number of benzene rings is 1. The van der Waals surface area contributed by atoms with Gasteiger partial charge in [0.2, 0.25) is 0 Å². The first-order valence-electron chi connectivity index (χ1n) is 6.27. The van der Waals surface area contributed by atoms with Crippen LogP contribution in [0.15, 0.2) is 18.2 Å². The maximum Gasteiger partial charge on any atom is 0.253 e. The predicted octanol–water partition coefficient (Wildman–Crippen LogP) is 3.13. The highest BCUT2D eigenvalue weighted by atomic mass is 32.2. The minimum Gasteiger partial charge on any atom is -0.382 e. The van der Waals surface area contributed by atoms with Gasteiger partial charge in [0.15, 0.2) is 0 Å². The summed E-state index contributed by atoms with van der Waals surface area (Å²) in [7, 11) is 0. The zero-order valence-electron chi connectivity index (χ0n) is 11.8. The first-order chi connectivity index (χ1) is 8.91. The summed E-state index contributed by atoms with van der Waals surface area (Å²) in [4.78, 5) is 12.1. The van der Waals surface area contributed by atoms with E-state index in [1.807, 2.05) is 13.2 Å². The van der Waals surface area contributed by atoms with Crippen molar-refractivity contribution in [2.75, 3.05) is 24.7 Å². The van der Waals surface area contributed by atoms with Crippen LogP contribution in [-0.2, 0) is 0 Å². The van der Waals surface area contributed by atoms with Gasteiger partial charge >= 0.3 is 0 Å². The van der Waals surface area contributed by atoms with E-state index in [2.05, 4.69) is 24.5 Å². The Labute approximate surface area is 118 Å². The quantitative estimate of drug-likeness (QED) is 0.843. The van der Waals surface area contributed by atoms with Crippen LogP contribution in [0.4, 0.5) is 10.1 Å². The second-order valence-corrected chi connectivity index (χ2v) is 6.35.